The van der Waals surface area contributed by atoms with Gasteiger partial charge in [0.1, 0.15) is 12.0 Å². The predicted octanol–water partition coefficient (Wildman–Crippen LogP) is 4.29. The first kappa shape index (κ1) is 33.1. The zero-order valence-corrected chi connectivity index (χ0v) is 27.0. The van der Waals surface area contributed by atoms with Crippen molar-refractivity contribution in [3.63, 3.8) is 0 Å². The van der Waals surface area contributed by atoms with Gasteiger partial charge in [-0.05, 0) is 86.2 Å². The highest BCUT2D eigenvalue weighted by Crippen LogP contribution is 2.27. The molecule has 2 amide bonds. The van der Waals surface area contributed by atoms with E-state index in [1.807, 2.05) is 12.1 Å². The van der Waals surface area contributed by atoms with E-state index in [4.69, 9.17) is 10.5 Å². The lowest BCUT2D eigenvalue weighted by Gasteiger charge is -2.21. The van der Waals surface area contributed by atoms with Gasteiger partial charge < -0.3 is 25.9 Å². The summed E-state index contributed by atoms with van der Waals surface area (Å²) in [6, 6.07) is 20.5. The summed E-state index contributed by atoms with van der Waals surface area (Å²) in [4.78, 5) is 40.6. The van der Waals surface area contributed by atoms with Gasteiger partial charge in [0.15, 0.2) is 9.84 Å². The molecule has 242 valence electrons. The number of pyridine rings is 1. The number of benzene rings is 3. The Bertz CT molecular complexity index is 2060. The lowest BCUT2D eigenvalue weighted by atomic mass is 10.0. The van der Waals surface area contributed by atoms with Crippen LogP contribution in [0.3, 0.4) is 0 Å². The molecular weight excluding hydrogens is 616 g/mol. The fraction of sp³-hybridized carbons (Fsp3) is 0.222. The van der Waals surface area contributed by atoms with Crippen LogP contribution >= 0.6 is 0 Å². The van der Waals surface area contributed by atoms with Crippen molar-refractivity contribution in [2.45, 2.75) is 49.2 Å². The second-order valence-corrected chi connectivity index (χ2v) is 13.5. The summed E-state index contributed by atoms with van der Waals surface area (Å²) in [5, 5.41) is 6.08. The monoisotopic (exact) mass is 652 g/mol. The van der Waals surface area contributed by atoms with Crippen LogP contribution in [0.15, 0.2) is 83.9 Å². The van der Waals surface area contributed by atoms with E-state index in [0.717, 1.165) is 36.7 Å². The quantitative estimate of drug-likeness (QED) is 0.143. The number of rotatable bonds is 13. The maximum absolute atomic E-state index is 14.1. The van der Waals surface area contributed by atoms with E-state index in [-0.39, 0.29) is 22.4 Å². The lowest BCUT2D eigenvalue weighted by Crippen LogP contribution is -2.41. The molecule has 10 nitrogen and oxygen atoms in total. The van der Waals surface area contributed by atoms with Gasteiger partial charge in [-0.2, -0.15) is 0 Å². The van der Waals surface area contributed by atoms with Crippen molar-refractivity contribution < 1.29 is 27.5 Å². The van der Waals surface area contributed by atoms with Crippen molar-refractivity contribution in [2.75, 3.05) is 17.7 Å². The fourth-order valence-corrected chi connectivity index (χ4v) is 7.24. The van der Waals surface area contributed by atoms with Crippen LogP contribution in [0.1, 0.15) is 58.9 Å². The van der Waals surface area contributed by atoms with E-state index in [9.17, 15) is 22.8 Å². The first-order valence-electron chi connectivity index (χ1n) is 15.2. The fourth-order valence-electron chi connectivity index (χ4n) is 5.54. The van der Waals surface area contributed by atoms with Crippen molar-refractivity contribution in [1.82, 2.24) is 4.98 Å². The Morgan fingerprint density at radius 2 is 1.79 bits per heavy atom. The highest BCUT2D eigenvalue weighted by atomic mass is 32.2. The Morgan fingerprint density at radius 1 is 1.02 bits per heavy atom. The number of ether oxygens (including phenoxy) is 1. The Labute approximate surface area is 273 Å². The lowest BCUT2D eigenvalue weighted by molar-refractivity contribution is -0.107. The average molecular weight is 653 g/mol. The van der Waals surface area contributed by atoms with Gasteiger partial charge in [0.2, 0.25) is 0 Å². The number of anilines is 3. The van der Waals surface area contributed by atoms with Gasteiger partial charge in [-0.15, -0.1) is 0 Å². The molecule has 0 saturated heterocycles. The number of fused-ring (bicyclic) bond motifs is 1. The Balaban J connectivity index is 1.43. The van der Waals surface area contributed by atoms with Crippen molar-refractivity contribution in [3.8, 4) is 5.75 Å². The molecule has 47 heavy (non-hydrogen) atoms. The van der Waals surface area contributed by atoms with Gasteiger partial charge in [0, 0.05) is 40.8 Å². The predicted molar refractivity (Wildman–Crippen MR) is 182 cm³/mol. The number of nitrogens with zero attached hydrogens (tertiary/aromatic N) is 1. The van der Waals surface area contributed by atoms with Gasteiger partial charge in [0.05, 0.1) is 33.9 Å². The standard InChI is InChI=1S/C36H36N4O6S/c1-23-18-30(21-31-33(23)38-22-32(35(37)42)34(31)39-27-10-7-11-28(20-27)46-2)47(44,45)29-12-6-9-25(19-29)36(43)40-26-15-13-24(14-16-26)8-4-3-5-17-41/h6-7,9-17,19-22,30,39H,3-5,8,18H2,1-2H3,(H2,37,42)(H,40,43). The summed E-state index contributed by atoms with van der Waals surface area (Å²) in [5.41, 5.74) is 9.37. The molecule has 4 N–H and O–H groups in total. The molecule has 1 atom stereocenters. The van der Waals surface area contributed by atoms with Crippen LogP contribution < -0.4 is 31.7 Å². The Hall–Kier alpha value is -5.29. The van der Waals surface area contributed by atoms with Crippen molar-refractivity contribution in [3.05, 3.63) is 106 Å². The smallest absolute Gasteiger partial charge is 0.255 e. The average Bonchev–Trinajstić information content (AvgIpc) is 3.07. The topological polar surface area (TPSA) is 158 Å². The minimum atomic E-state index is -3.99. The molecule has 0 spiro atoms. The van der Waals surface area contributed by atoms with Crippen LogP contribution in [0.25, 0.3) is 11.6 Å². The molecule has 4 aromatic rings. The summed E-state index contributed by atoms with van der Waals surface area (Å²) in [5.74, 6) is -0.569. The van der Waals surface area contributed by atoms with Crippen LogP contribution in [0.2, 0.25) is 0 Å². The molecule has 11 heteroatoms. The van der Waals surface area contributed by atoms with Gasteiger partial charge >= 0.3 is 0 Å². The summed E-state index contributed by atoms with van der Waals surface area (Å²) >= 11 is 0. The third-order valence-corrected chi connectivity index (χ3v) is 10.1. The number of hydrogen-bond acceptors (Lipinski definition) is 8. The zero-order valence-electron chi connectivity index (χ0n) is 26.2. The molecule has 5 rings (SSSR count). The van der Waals surface area contributed by atoms with Crippen molar-refractivity contribution in [1.29, 1.82) is 0 Å². The number of primary amides is 1. The summed E-state index contributed by atoms with van der Waals surface area (Å²) < 4.78 is 33.5. The number of sulfone groups is 1. The van der Waals surface area contributed by atoms with Gasteiger partial charge in [-0.1, -0.05) is 30.3 Å². The van der Waals surface area contributed by atoms with Crippen molar-refractivity contribution >= 4 is 56.6 Å². The largest absolute Gasteiger partial charge is 0.497 e. The number of carbonyl (C=O) groups is 3. The van der Waals surface area contributed by atoms with Gasteiger partial charge in [0.25, 0.3) is 11.8 Å². The maximum atomic E-state index is 14.1. The first-order valence-corrected chi connectivity index (χ1v) is 16.7. The van der Waals surface area contributed by atoms with Crippen LogP contribution in [-0.4, -0.2) is 43.9 Å². The third-order valence-electron chi connectivity index (χ3n) is 8.06. The van der Waals surface area contributed by atoms with Crippen LogP contribution in [0, 0.1) is 0 Å². The molecule has 1 unspecified atom stereocenters. The number of aldehydes is 1. The minimum absolute atomic E-state index is 0.00496. The molecule has 1 heterocycles. The molecule has 0 bridgehead atoms. The van der Waals surface area contributed by atoms with E-state index in [1.54, 1.807) is 68.6 Å². The number of unbranched alkanes of at least 4 members (excludes halogenated alkanes) is 2. The van der Waals surface area contributed by atoms with Crippen LogP contribution in [0.5, 0.6) is 5.75 Å². The molecule has 1 aliphatic rings. The second-order valence-electron chi connectivity index (χ2n) is 11.4. The van der Waals surface area contributed by atoms with E-state index in [0.29, 0.717) is 39.8 Å². The van der Waals surface area contributed by atoms with E-state index < -0.39 is 26.9 Å². The third kappa shape index (κ3) is 7.58. The first-order chi connectivity index (χ1) is 22.6. The van der Waals surface area contributed by atoms with E-state index >= 15 is 0 Å². The van der Waals surface area contributed by atoms with E-state index in [1.165, 1.54) is 18.3 Å². The SMILES string of the molecule is COc1cccc(Nc2c(C(N)=O)cnc3c2=CC(S(=O)(=O)c2cccc(C(=O)Nc4ccc(CCCCC=O)cc4)c2)CC=3C)c1. The van der Waals surface area contributed by atoms with Gasteiger partial charge in [-0.25, -0.2) is 8.42 Å². The Morgan fingerprint density at radius 3 is 2.51 bits per heavy atom. The van der Waals surface area contributed by atoms with Crippen molar-refractivity contribution in [2.24, 2.45) is 5.73 Å². The minimum Gasteiger partial charge on any atom is -0.497 e. The van der Waals surface area contributed by atoms with Gasteiger partial charge in [-0.3, -0.25) is 14.6 Å². The number of amides is 2. The molecule has 0 radical (unpaired) electrons. The number of aromatic nitrogens is 1. The molecular formula is C36H36N4O6S. The molecule has 1 aromatic heterocycles. The number of methoxy groups -OCH3 is 1. The Kier molecular flexibility index (Phi) is 10.2. The molecule has 0 saturated carbocycles. The number of aryl methyl sites for hydroxylation is 1. The second kappa shape index (κ2) is 14.4. The normalized spacial score (nSPS) is 14.0. The highest BCUT2D eigenvalue weighted by molar-refractivity contribution is 7.92. The summed E-state index contributed by atoms with van der Waals surface area (Å²) in [6.45, 7) is 1.81. The van der Waals surface area contributed by atoms with Crippen LogP contribution in [-0.2, 0) is 21.1 Å². The summed E-state index contributed by atoms with van der Waals surface area (Å²) in [6.07, 6.45) is 7.18. The van der Waals surface area contributed by atoms with E-state index in [2.05, 4.69) is 15.6 Å². The number of nitrogens with one attached hydrogen (secondary N) is 2. The highest BCUT2D eigenvalue weighted by Gasteiger charge is 2.30. The molecule has 3 aromatic carbocycles. The maximum Gasteiger partial charge on any atom is 0.255 e. The number of carbonyl (C=O) groups excluding carboxylic acids is 3. The molecule has 0 aliphatic heterocycles. The zero-order chi connectivity index (χ0) is 33.6. The van der Waals surface area contributed by atoms with Crippen LogP contribution in [0.4, 0.5) is 17.1 Å². The molecule has 1 aliphatic carbocycles. The summed E-state index contributed by atoms with van der Waals surface area (Å²) in [7, 11) is -2.45. The number of hydrogen-bond donors (Lipinski definition) is 3. The molecule has 0 fully saturated rings. The number of nitrogens with two attached hydrogens (primary N) is 1.